The van der Waals surface area contributed by atoms with Gasteiger partial charge in [-0.25, -0.2) is 23.1 Å². The Morgan fingerprint density at radius 3 is 2.53 bits per heavy atom. The van der Waals surface area contributed by atoms with Gasteiger partial charge in [-0.1, -0.05) is 12.1 Å². The maximum Gasteiger partial charge on any atom is 0.211 e. The molecule has 1 aliphatic heterocycles. The number of hydrogen-bond donors (Lipinski definition) is 4. The Hall–Kier alpha value is -4.97. The van der Waals surface area contributed by atoms with Gasteiger partial charge in [-0.2, -0.15) is 10.5 Å². The number of nitrogens with zero attached hydrogens (tertiary/aromatic N) is 4. The van der Waals surface area contributed by atoms with Crippen LogP contribution in [0, 0.1) is 40.2 Å². The molecule has 0 spiro atoms. The maximum atomic E-state index is 14.9. The molecule has 0 fully saturated rings. The Bertz CT molecular complexity index is 1410. The van der Waals surface area contributed by atoms with Crippen molar-refractivity contribution in [3.63, 3.8) is 0 Å². The maximum absolute atomic E-state index is 14.9. The zero-order valence-corrected chi connectivity index (χ0v) is 17.2. The molecule has 1 atom stereocenters. The third kappa shape index (κ3) is 4.08. The first-order valence-corrected chi connectivity index (χ1v) is 9.67. The molecule has 6 N–H and O–H groups in total. The number of nitrogen functional groups attached to an aromatic ring is 2. The van der Waals surface area contributed by atoms with Crippen molar-refractivity contribution < 1.29 is 17.9 Å². The zero-order chi connectivity index (χ0) is 24.4. The fraction of sp³-hybridized carbons (Fsp3) is 0.0909. The lowest BCUT2D eigenvalue weighted by atomic mass is 9.95. The van der Waals surface area contributed by atoms with Crippen molar-refractivity contribution in [1.29, 1.82) is 10.5 Å². The van der Waals surface area contributed by atoms with Crippen molar-refractivity contribution >= 4 is 23.3 Å². The van der Waals surface area contributed by atoms with Gasteiger partial charge in [0, 0.05) is 5.56 Å². The number of aromatic nitrogens is 1. The summed E-state index contributed by atoms with van der Waals surface area (Å²) in [6.07, 6.45) is 1.72. The highest BCUT2D eigenvalue weighted by atomic mass is 19.2. The molecule has 9 nitrogen and oxygen atoms in total. The van der Waals surface area contributed by atoms with Gasteiger partial charge < -0.3 is 21.5 Å². The average molecular weight is 464 g/mol. The predicted molar refractivity (Wildman–Crippen MR) is 117 cm³/mol. The number of ether oxygens (including phenoxy) is 1. The molecule has 1 aromatic heterocycles. The van der Waals surface area contributed by atoms with Crippen LogP contribution in [0.4, 0.5) is 30.5 Å². The normalized spacial score (nSPS) is 14.1. The van der Waals surface area contributed by atoms with E-state index in [1.54, 1.807) is 6.19 Å². The fourth-order valence-electron chi connectivity index (χ4n) is 3.42. The van der Waals surface area contributed by atoms with E-state index in [0.717, 1.165) is 18.2 Å². The van der Waals surface area contributed by atoms with Crippen LogP contribution >= 0.6 is 0 Å². The largest absolute Gasteiger partial charge is 0.486 e. The Kier molecular flexibility index (Phi) is 5.80. The summed E-state index contributed by atoms with van der Waals surface area (Å²) in [6, 6.07) is 8.19. The summed E-state index contributed by atoms with van der Waals surface area (Å²) < 4.78 is 46.7. The SMILES string of the molecule is N#CNC1=NC(c2ccc(OCc3ccc(F)c(F)c3)c(F)c2)c2c(nc(N)c(C#N)c2N)N1. The van der Waals surface area contributed by atoms with Crippen molar-refractivity contribution in [2.45, 2.75) is 12.6 Å². The summed E-state index contributed by atoms with van der Waals surface area (Å²) in [5, 5.41) is 23.5. The van der Waals surface area contributed by atoms with Crippen LogP contribution in [0.15, 0.2) is 41.4 Å². The number of anilines is 3. The average Bonchev–Trinajstić information content (AvgIpc) is 2.80. The standard InChI is InChI=1S/C22H15F3N8O/c23-13-3-1-10(5-14(13)24)8-34-16-4-2-11(6-15(16)25)19-17-18(28)12(7-26)20(29)32-21(17)33-22(31-19)30-9-27/h1-6,19H,8H2,(H6,28,29,30,31,32,33). The van der Waals surface area contributed by atoms with Crippen LogP contribution in [-0.4, -0.2) is 10.9 Å². The van der Waals surface area contributed by atoms with E-state index in [-0.39, 0.29) is 46.8 Å². The van der Waals surface area contributed by atoms with Crippen LogP contribution in [0.2, 0.25) is 0 Å². The molecule has 0 aliphatic carbocycles. The van der Waals surface area contributed by atoms with Gasteiger partial charge in [0.05, 0.1) is 5.69 Å². The second kappa shape index (κ2) is 8.88. The Labute approximate surface area is 191 Å². The van der Waals surface area contributed by atoms with Crippen molar-refractivity contribution in [2.24, 2.45) is 4.99 Å². The van der Waals surface area contributed by atoms with E-state index in [1.807, 2.05) is 6.07 Å². The van der Waals surface area contributed by atoms with Crippen molar-refractivity contribution in [1.82, 2.24) is 10.3 Å². The highest BCUT2D eigenvalue weighted by molar-refractivity contribution is 5.98. The number of hydrogen-bond acceptors (Lipinski definition) is 9. The van der Waals surface area contributed by atoms with Crippen LogP contribution in [0.3, 0.4) is 0 Å². The Morgan fingerprint density at radius 1 is 1.06 bits per heavy atom. The molecule has 0 saturated carbocycles. The van der Waals surface area contributed by atoms with Crippen molar-refractivity contribution in [3.05, 3.63) is 76.1 Å². The van der Waals surface area contributed by atoms with Crippen molar-refractivity contribution in [2.75, 3.05) is 16.8 Å². The van der Waals surface area contributed by atoms with Gasteiger partial charge in [0.1, 0.15) is 35.9 Å². The smallest absolute Gasteiger partial charge is 0.211 e. The second-order valence-corrected chi connectivity index (χ2v) is 7.13. The van der Waals surface area contributed by atoms with Crippen LogP contribution in [-0.2, 0) is 6.61 Å². The lowest BCUT2D eigenvalue weighted by molar-refractivity contribution is 0.289. The van der Waals surface area contributed by atoms with E-state index in [0.29, 0.717) is 11.1 Å². The molecule has 1 unspecified atom stereocenters. The molecule has 2 heterocycles. The lowest BCUT2D eigenvalue weighted by Gasteiger charge is -2.26. The molecular weight excluding hydrogens is 449 g/mol. The van der Waals surface area contributed by atoms with Crippen LogP contribution in [0.5, 0.6) is 5.75 Å². The monoisotopic (exact) mass is 464 g/mol. The molecular formula is C22H15F3N8O. The minimum atomic E-state index is -1.04. The van der Waals surface area contributed by atoms with Gasteiger partial charge in [0.15, 0.2) is 29.4 Å². The van der Waals surface area contributed by atoms with Gasteiger partial charge in [-0.05, 0) is 35.4 Å². The molecule has 0 radical (unpaired) electrons. The first-order chi connectivity index (χ1) is 16.3. The van der Waals surface area contributed by atoms with Crippen LogP contribution < -0.4 is 26.8 Å². The topological polar surface area (TPSA) is 158 Å². The Balaban J connectivity index is 1.68. The number of nitrogens with one attached hydrogen (secondary N) is 2. The molecule has 1 aliphatic rings. The number of rotatable bonds is 4. The molecule has 2 aromatic carbocycles. The first kappa shape index (κ1) is 22.2. The number of nitriles is 2. The highest BCUT2D eigenvalue weighted by Gasteiger charge is 2.30. The van der Waals surface area contributed by atoms with Gasteiger partial charge >= 0.3 is 0 Å². The molecule has 3 aromatic rings. The second-order valence-electron chi connectivity index (χ2n) is 7.13. The summed E-state index contributed by atoms with van der Waals surface area (Å²) in [6.45, 7) is -0.195. The minimum absolute atomic E-state index is 0.0151. The number of fused-ring (bicyclic) bond motifs is 1. The van der Waals surface area contributed by atoms with Crippen molar-refractivity contribution in [3.8, 4) is 18.0 Å². The van der Waals surface area contributed by atoms with Gasteiger partial charge in [0.2, 0.25) is 5.96 Å². The van der Waals surface area contributed by atoms with E-state index in [9.17, 15) is 18.4 Å². The molecule has 170 valence electrons. The minimum Gasteiger partial charge on any atom is -0.486 e. The van der Waals surface area contributed by atoms with Crippen LogP contribution in [0.25, 0.3) is 0 Å². The zero-order valence-electron chi connectivity index (χ0n) is 17.2. The summed E-state index contributed by atoms with van der Waals surface area (Å²) >= 11 is 0. The van der Waals surface area contributed by atoms with Gasteiger partial charge in [-0.15, -0.1) is 0 Å². The molecule has 34 heavy (non-hydrogen) atoms. The third-order valence-corrected chi connectivity index (χ3v) is 5.01. The molecule has 0 saturated heterocycles. The number of benzene rings is 2. The van der Waals surface area contributed by atoms with Gasteiger partial charge in [-0.3, -0.25) is 5.32 Å². The number of nitrogens with two attached hydrogens (primary N) is 2. The number of pyridine rings is 1. The fourth-order valence-corrected chi connectivity index (χ4v) is 3.42. The van der Waals surface area contributed by atoms with E-state index in [2.05, 4.69) is 20.6 Å². The third-order valence-electron chi connectivity index (χ3n) is 5.01. The highest BCUT2D eigenvalue weighted by Crippen LogP contribution is 2.41. The summed E-state index contributed by atoms with van der Waals surface area (Å²) in [4.78, 5) is 8.48. The molecule has 12 heteroatoms. The number of halogens is 3. The quantitative estimate of drug-likeness (QED) is 0.339. The van der Waals surface area contributed by atoms with E-state index < -0.39 is 23.5 Å². The number of aliphatic imine (C=N–C) groups is 1. The van der Waals surface area contributed by atoms with Crippen LogP contribution in [0.1, 0.15) is 28.3 Å². The van der Waals surface area contributed by atoms with E-state index in [1.165, 1.54) is 18.2 Å². The summed E-state index contributed by atoms with van der Waals surface area (Å²) in [5.41, 5.74) is 12.8. The number of guanidine groups is 1. The predicted octanol–water partition coefficient (Wildman–Crippen LogP) is 3.06. The van der Waals surface area contributed by atoms with E-state index in [4.69, 9.17) is 21.5 Å². The molecule has 4 rings (SSSR count). The van der Waals surface area contributed by atoms with Gasteiger partial charge in [0.25, 0.3) is 0 Å². The molecule has 0 amide bonds. The molecule has 0 bridgehead atoms. The Morgan fingerprint density at radius 2 is 1.85 bits per heavy atom. The summed E-state index contributed by atoms with van der Waals surface area (Å²) in [7, 11) is 0. The lowest BCUT2D eigenvalue weighted by Crippen LogP contribution is -2.32. The first-order valence-electron chi connectivity index (χ1n) is 9.67. The van der Waals surface area contributed by atoms with E-state index >= 15 is 0 Å². The summed E-state index contributed by atoms with van der Waals surface area (Å²) in [5.74, 6) is -2.86.